The van der Waals surface area contributed by atoms with E-state index in [4.69, 9.17) is 4.74 Å². The summed E-state index contributed by atoms with van der Waals surface area (Å²) in [6.45, 7) is 4.72. The van der Waals surface area contributed by atoms with Crippen molar-refractivity contribution in [3.63, 3.8) is 0 Å². The molecule has 6 heteroatoms. The van der Waals surface area contributed by atoms with E-state index in [9.17, 15) is 14.0 Å². The minimum Gasteiger partial charge on any atom is -0.448 e. The van der Waals surface area contributed by atoms with Gasteiger partial charge in [-0.1, -0.05) is 6.07 Å². The second-order valence-electron chi connectivity index (χ2n) is 5.75. The van der Waals surface area contributed by atoms with Crippen molar-refractivity contribution in [1.82, 2.24) is 4.90 Å². The summed E-state index contributed by atoms with van der Waals surface area (Å²) in [5.74, 6) is -1.08. The lowest BCUT2D eigenvalue weighted by Crippen LogP contribution is -2.38. The number of fused-ring (bicyclic) bond motifs is 1. The molecular weight excluding hydrogens is 317 g/mol. The average Bonchev–Trinajstić information content (AvgIpc) is 3.15. The van der Waals surface area contributed by atoms with E-state index >= 15 is 0 Å². The minimum absolute atomic E-state index is 0.166. The van der Waals surface area contributed by atoms with Crippen molar-refractivity contribution in [2.24, 2.45) is 0 Å². The number of nitrogens with zero attached hydrogens (tertiary/aromatic N) is 1. The Hall–Kier alpha value is -1.95. The molecule has 2 heterocycles. The van der Waals surface area contributed by atoms with Crippen LogP contribution in [-0.2, 0) is 9.53 Å². The van der Waals surface area contributed by atoms with Crippen LogP contribution >= 0.6 is 11.3 Å². The Kier molecular flexibility index (Phi) is 4.35. The summed E-state index contributed by atoms with van der Waals surface area (Å²) in [6.07, 6.45) is 1.15. The van der Waals surface area contributed by atoms with Crippen LogP contribution in [0, 0.1) is 12.7 Å². The third-order valence-corrected chi connectivity index (χ3v) is 5.37. The SMILES string of the molecule is Cc1c(C(=O)O[C@H](C)C(=O)N2CCCC2)sc2cccc(F)c12. The van der Waals surface area contributed by atoms with Gasteiger partial charge in [-0.2, -0.15) is 0 Å². The number of hydrogen-bond donors (Lipinski definition) is 0. The van der Waals surface area contributed by atoms with Crippen molar-refractivity contribution in [3.8, 4) is 0 Å². The van der Waals surface area contributed by atoms with Crippen LogP contribution in [0.25, 0.3) is 10.1 Å². The zero-order chi connectivity index (χ0) is 16.6. The summed E-state index contributed by atoms with van der Waals surface area (Å²) >= 11 is 1.19. The normalized spacial score (nSPS) is 15.9. The fourth-order valence-corrected chi connectivity index (χ4v) is 4.01. The molecule has 2 aromatic rings. The quantitative estimate of drug-likeness (QED) is 0.806. The Morgan fingerprint density at radius 2 is 2.00 bits per heavy atom. The van der Waals surface area contributed by atoms with Crippen LogP contribution in [0.4, 0.5) is 4.39 Å². The lowest BCUT2D eigenvalue weighted by molar-refractivity contribution is -0.138. The monoisotopic (exact) mass is 335 g/mol. The second kappa shape index (κ2) is 6.28. The van der Waals surface area contributed by atoms with Gasteiger partial charge in [-0.3, -0.25) is 4.79 Å². The van der Waals surface area contributed by atoms with Gasteiger partial charge >= 0.3 is 5.97 Å². The molecule has 1 atom stereocenters. The van der Waals surface area contributed by atoms with E-state index in [2.05, 4.69) is 0 Å². The smallest absolute Gasteiger partial charge is 0.349 e. The molecule has 1 amide bonds. The summed E-state index contributed by atoms with van der Waals surface area (Å²) in [7, 11) is 0. The van der Waals surface area contributed by atoms with Crippen molar-refractivity contribution in [3.05, 3.63) is 34.5 Å². The molecule has 0 saturated carbocycles. The number of carbonyl (C=O) groups excluding carboxylic acids is 2. The van der Waals surface area contributed by atoms with Crippen LogP contribution < -0.4 is 0 Å². The third-order valence-electron chi connectivity index (χ3n) is 4.14. The van der Waals surface area contributed by atoms with Crippen molar-refractivity contribution in [2.45, 2.75) is 32.8 Å². The van der Waals surface area contributed by atoms with Gasteiger partial charge in [0.2, 0.25) is 0 Å². The van der Waals surface area contributed by atoms with E-state index < -0.39 is 12.1 Å². The molecule has 1 saturated heterocycles. The second-order valence-corrected chi connectivity index (χ2v) is 6.80. The molecule has 4 nitrogen and oxygen atoms in total. The van der Waals surface area contributed by atoms with Gasteiger partial charge in [0.05, 0.1) is 0 Å². The van der Waals surface area contributed by atoms with Crippen LogP contribution in [0.5, 0.6) is 0 Å². The fourth-order valence-electron chi connectivity index (χ4n) is 2.91. The van der Waals surface area contributed by atoms with Gasteiger partial charge in [-0.05, 0) is 44.4 Å². The molecule has 0 aliphatic carbocycles. The first kappa shape index (κ1) is 15.9. The number of carbonyl (C=O) groups is 2. The zero-order valence-corrected chi connectivity index (χ0v) is 13.9. The molecule has 0 spiro atoms. The number of aryl methyl sites for hydroxylation is 1. The maximum atomic E-state index is 13.9. The number of rotatable bonds is 3. The zero-order valence-electron chi connectivity index (χ0n) is 13.1. The molecule has 3 rings (SSSR count). The Labute approximate surface area is 137 Å². The number of likely N-dealkylation sites (tertiary alicyclic amines) is 1. The Morgan fingerprint density at radius 1 is 1.30 bits per heavy atom. The van der Waals surface area contributed by atoms with Gasteiger partial charge in [-0.15, -0.1) is 11.3 Å². The summed E-state index contributed by atoms with van der Waals surface area (Å²) < 4.78 is 19.9. The van der Waals surface area contributed by atoms with E-state index in [-0.39, 0.29) is 11.7 Å². The number of benzene rings is 1. The number of hydrogen-bond acceptors (Lipinski definition) is 4. The lowest BCUT2D eigenvalue weighted by Gasteiger charge is -2.20. The number of thiophene rings is 1. The van der Waals surface area contributed by atoms with Gasteiger partial charge in [0.15, 0.2) is 6.10 Å². The van der Waals surface area contributed by atoms with Gasteiger partial charge in [0, 0.05) is 23.2 Å². The van der Waals surface area contributed by atoms with Gasteiger partial charge in [0.25, 0.3) is 5.91 Å². The van der Waals surface area contributed by atoms with Crippen LogP contribution in [0.1, 0.15) is 35.0 Å². The highest BCUT2D eigenvalue weighted by Crippen LogP contribution is 2.33. The van der Waals surface area contributed by atoms with Crippen LogP contribution in [-0.4, -0.2) is 36.0 Å². The first-order valence-corrected chi connectivity index (χ1v) is 8.48. The molecule has 0 unspecified atom stereocenters. The van der Waals surface area contributed by atoms with Crippen molar-refractivity contribution >= 4 is 33.3 Å². The maximum absolute atomic E-state index is 13.9. The number of amides is 1. The highest BCUT2D eigenvalue weighted by Gasteiger charge is 2.28. The number of ether oxygens (including phenoxy) is 1. The first-order chi connectivity index (χ1) is 11.0. The van der Waals surface area contributed by atoms with E-state index in [1.165, 1.54) is 17.4 Å². The van der Waals surface area contributed by atoms with Crippen LogP contribution in [0.3, 0.4) is 0 Å². The van der Waals surface area contributed by atoms with Gasteiger partial charge in [-0.25, -0.2) is 9.18 Å². The van der Waals surface area contributed by atoms with Crippen LogP contribution in [0.15, 0.2) is 18.2 Å². The predicted molar refractivity (Wildman–Crippen MR) is 87.2 cm³/mol. The van der Waals surface area contributed by atoms with E-state index in [1.54, 1.807) is 30.9 Å². The summed E-state index contributed by atoms with van der Waals surface area (Å²) in [5.41, 5.74) is 0.564. The molecule has 1 aliphatic rings. The summed E-state index contributed by atoms with van der Waals surface area (Å²) in [6, 6.07) is 4.75. The predicted octanol–water partition coefficient (Wildman–Crippen LogP) is 3.52. The third kappa shape index (κ3) is 2.95. The number of halogens is 1. The Bertz CT molecular complexity index is 765. The van der Waals surface area contributed by atoms with Crippen molar-refractivity contribution in [1.29, 1.82) is 0 Å². The molecule has 23 heavy (non-hydrogen) atoms. The first-order valence-electron chi connectivity index (χ1n) is 7.66. The van der Waals surface area contributed by atoms with Crippen molar-refractivity contribution < 1.29 is 18.7 Å². The maximum Gasteiger partial charge on any atom is 0.349 e. The standard InChI is InChI=1S/C17H18FNO3S/c1-10-14-12(18)6-5-7-13(14)23-15(10)17(21)22-11(2)16(20)19-8-3-4-9-19/h5-7,11H,3-4,8-9H2,1-2H3/t11-/m1/s1. The van der Waals surface area contributed by atoms with Crippen molar-refractivity contribution in [2.75, 3.05) is 13.1 Å². The largest absolute Gasteiger partial charge is 0.448 e. The average molecular weight is 335 g/mol. The molecule has 1 aliphatic heterocycles. The summed E-state index contributed by atoms with van der Waals surface area (Å²) in [4.78, 5) is 26.7. The Balaban J connectivity index is 1.79. The number of esters is 1. The molecule has 0 radical (unpaired) electrons. The molecular formula is C17H18FNO3S. The highest BCUT2D eigenvalue weighted by molar-refractivity contribution is 7.21. The van der Waals surface area contributed by atoms with Crippen LogP contribution in [0.2, 0.25) is 0 Å². The van der Waals surface area contributed by atoms with Gasteiger partial charge in [0.1, 0.15) is 10.7 Å². The topological polar surface area (TPSA) is 46.6 Å². The molecule has 1 aromatic heterocycles. The van der Waals surface area contributed by atoms with E-state index in [1.807, 2.05) is 0 Å². The summed E-state index contributed by atoms with van der Waals surface area (Å²) in [5, 5.41) is 0.447. The lowest BCUT2D eigenvalue weighted by atomic mass is 10.1. The fraction of sp³-hybridized carbons (Fsp3) is 0.412. The molecule has 0 bridgehead atoms. The highest BCUT2D eigenvalue weighted by atomic mass is 32.1. The molecule has 1 fully saturated rings. The van der Waals surface area contributed by atoms with E-state index in [0.29, 0.717) is 33.6 Å². The molecule has 1 aromatic carbocycles. The minimum atomic E-state index is -0.824. The molecule has 0 N–H and O–H groups in total. The molecule has 122 valence electrons. The Morgan fingerprint density at radius 3 is 2.65 bits per heavy atom. The van der Waals surface area contributed by atoms with Gasteiger partial charge < -0.3 is 9.64 Å². The van der Waals surface area contributed by atoms with E-state index in [0.717, 1.165) is 12.8 Å².